The minimum Gasteiger partial charge on any atom is -0.480 e. The molecule has 8 heteroatoms. The van der Waals surface area contributed by atoms with Crippen LogP contribution in [0.25, 0.3) is 10.8 Å². The van der Waals surface area contributed by atoms with E-state index in [9.17, 15) is 13.2 Å². The maximum atomic E-state index is 12.9. The van der Waals surface area contributed by atoms with Crippen LogP contribution in [0.1, 0.15) is 12.0 Å². The summed E-state index contributed by atoms with van der Waals surface area (Å²) in [5.74, 6) is -0.112. The average Bonchev–Trinajstić information content (AvgIpc) is 2.72. The minimum atomic E-state index is -3.78. The second kappa shape index (κ2) is 7.14. The fourth-order valence-corrected chi connectivity index (χ4v) is 4.63. The third-order valence-electron chi connectivity index (χ3n) is 4.70. The number of carbonyl (C=O) groups is 1. The highest BCUT2D eigenvalue weighted by molar-refractivity contribution is 7.93. The highest BCUT2D eigenvalue weighted by Gasteiger charge is 2.26. The maximum Gasteiger partial charge on any atom is 0.284 e. The Morgan fingerprint density at radius 2 is 1.86 bits per heavy atom. The summed E-state index contributed by atoms with van der Waals surface area (Å²) >= 11 is 0. The first kappa shape index (κ1) is 18.3. The average molecular weight is 398 g/mol. The Hall–Kier alpha value is -3.10. The lowest BCUT2D eigenvalue weighted by Gasteiger charge is -2.25. The van der Waals surface area contributed by atoms with Gasteiger partial charge in [0.15, 0.2) is 6.10 Å². The van der Waals surface area contributed by atoms with Crippen molar-refractivity contribution in [1.82, 2.24) is 5.48 Å². The van der Waals surface area contributed by atoms with E-state index in [1.165, 1.54) is 0 Å². The van der Waals surface area contributed by atoms with Crippen LogP contribution in [-0.4, -0.2) is 25.6 Å². The number of anilines is 1. The molecule has 0 saturated carbocycles. The van der Waals surface area contributed by atoms with Gasteiger partial charge in [0.05, 0.1) is 4.90 Å². The lowest BCUT2D eigenvalue weighted by atomic mass is 10.0. The number of aryl methyl sites for hydroxylation is 1. The summed E-state index contributed by atoms with van der Waals surface area (Å²) in [4.78, 5) is 11.7. The summed E-state index contributed by atoms with van der Waals surface area (Å²) in [6.45, 7) is 0. The number of sulfonamides is 1. The molecule has 144 valence electrons. The molecule has 28 heavy (non-hydrogen) atoms. The Balaban J connectivity index is 1.62. The van der Waals surface area contributed by atoms with Crippen LogP contribution >= 0.6 is 0 Å². The van der Waals surface area contributed by atoms with Crippen LogP contribution < -0.4 is 14.9 Å². The molecular weight excluding hydrogens is 380 g/mol. The van der Waals surface area contributed by atoms with Crippen molar-refractivity contribution < 1.29 is 23.2 Å². The molecule has 4 rings (SSSR count). The molecular formula is C20H18N2O5S. The van der Waals surface area contributed by atoms with E-state index in [-0.39, 0.29) is 4.90 Å². The molecule has 1 heterocycles. The first-order valence-corrected chi connectivity index (χ1v) is 10.2. The highest BCUT2D eigenvalue weighted by atomic mass is 32.2. The van der Waals surface area contributed by atoms with E-state index in [0.717, 1.165) is 10.9 Å². The summed E-state index contributed by atoms with van der Waals surface area (Å²) in [7, 11) is -3.78. The van der Waals surface area contributed by atoms with Gasteiger partial charge >= 0.3 is 0 Å². The molecule has 0 aliphatic carbocycles. The van der Waals surface area contributed by atoms with Crippen LogP contribution in [0.5, 0.6) is 5.75 Å². The zero-order valence-corrected chi connectivity index (χ0v) is 15.6. The van der Waals surface area contributed by atoms with Crippen LogP contribution in [0.3, 0.4) is 0 Å². The number of hydrogen-bond donors (Lipinski definition) is 3. The zero-order valence-electron chi connectivity index (χ0n) is 14.8. The number of nitrogens with one attached hydrogen (secondary N) is 2. The van der Waals surface area contributed by atoms with Crippen molar-refractivity contribution in [2.75, 3.05) is 4.72 Å². The number of hydroxylamine groups is 1. The number of amides is 1. The van der Waals surface area contributed by atoms with Gasteiger partial charge in [0.25, 0.3) is 15.9 Å². The number of rotatable bonds is 4. The fraction of sp³-hybridized carbons (Fsp3) is 0.150. The Kier molecular flexibility index (Phi) is 4.66. The molecule has 1 unspecified atom stereocenters. The molecule has 0 spiro atoms. The van der Waals surface area contributed by atoms with Gasteiger partial charge in [0, 0.05) is 11.1 Å². The molecule has 0 radical (unpaired) electrons. The van der Waals surface area contributed by atoms with E-state index in [0.29, 0.717) is 29.7 Å². The van der Waals surface area contributed by atoms with Crippen LogP contribution in [0.2, 0.25) is 0 Å². The fourth-order valence-electron chi connectivity index (χ4n) is 3.35. The third-order valence-corrected chi connectivity index (χ3v) is 6.14. The SMILES string of the molecule is O=C(NO)C1CCc2cc(NS(=O)(=O)c3cccc4ccccc34)ccc2O1. The molecule has 1 atom stereocenters. The second-order valence-corrected chi connectivity index (χ2v) is 8.18. The number of hydrogen-bond acceptors (Lipinski definition) is 5. The van der Waals surface area contributed by atoms with Crippen LogP contribution in [-0.2, 0) is 21.2 Å². The van der Waals surface area contributed by atoms with Crippen molar-refractivity contribution in [3.8, 4) is 5.75 Å². The molecule has 0 aromatic heterocycles. The van der Waals surface area contributed by atoms with Gasteiger partial charge in [-0.05, 0) is 48.1 Å². The summed E-state index contributed by atoms with van der Waals surface area (Å²) in [5.41, 5.74) is 2.79. The summed E-state index contributed by atoms with van der Waals surface area (Å²) in [6, 6.07) is 17.4. The van der Waals surface area contributed by atoms with Crippen LogP contribution in [0, 0.1) is 0 Å². The van der Waals surface area contributed by atoms with Gasteiger partial charge in [-0.2, -0.15) is 0 Å². The van der Waals surface area contributed by atoms with E-state index in [1.54, 1.807) is 47.9 Å². The monoisotopic (exact) mass is 398 g/mol. The highest BCUT2D eigenvalue weighted by Crippen LogP contribution is 2.31. The lowest BCUT2D eigenvalue weighted by Crippen LogP contribution is -2.38. The third kappa shape index (κ3) is 3.39. The van der Waals surface area contributed by atoms with Gasteiger partial charge in [-0.1, -0.05) is 36.4 Å². The molecule has 7 nitrogen and oxygen atoms in total. The quantitative estimate of drug-likeness (QED) is 0.463. The summed E-state index contributed by atoms with van der Waals surface area (Å²) in [5, 5.41) is 10.2. The van der Waals surface area contributed by atoms with Gasteiger partial charge in [0.1, 0.15) is 5.75 Å². The largest absolute Gasteiger partial charge is 0.480 e. The predicted molar refractivity (Wildman–Crippen MR) is 104 cm³/mol. The zero-order chi connectivity index (χ0) is 19.7. The van der Waals surface area contributed by atoms with Gasteiger partial charge in [0.2, 0.25) is 0 Å². The molecule has 3 N–H and O–H groups in total. The van der Waals surface area contributed by atoms with Crippen LogP contribution in [0.4, 0.5) is 5.69 Å². The molecule has 1 amide bonds. The second-order valence-electron chi connectivity index (χ2n) is 6.53. The Morgan fingerprint density at radius 3 is 2.68 bits per heavy atom. The topological polar surface area (TPSA) is 105 Å². The number of carbonyl (C=O) groups excluding carboxylic acids is 1. The number of benzene rings is 3. The Morgan fingerprint density at radius 1 is 1.07 bits per heavy atom. The molecule has 0 fully saturated rings. The van der Waals surface area contributed by atoms with Crippen molar-refractivity contribution in [2.24, 2.45) is 0 Å². The molecule has 1 aliphatic heterocycles. The first-order valence-electron chi connectivity index (χ1n) is 8.72. The lowest BCUT2D eigenvalue weighted by molar-refractivity contribution is -0.137. The summed E-state index contributed by atoms with van der Waals surface area (Å²) in [6.07, 6.45) is 0.145. The van der Waals surface area contributed by atoms with Crippen LogP contribution in [0.15, 0.2) is 65.6 Å². The minimum absolute atomic E-state index is 0.208. The van der Waals surface area contributed by atoms with E-state index in [4.69, 9.17) is 9.94 Å². The van der Waals surface area contributed by atoms with Gasteiger partial charge in [-0.3, -0.25) is 14.7 Å². The van der Waals surface area contributed by atoms with E-state index >= 15 is 0 Å². The smallest absolute Gasteiger partial charge is 0.284 e. The molecule has 1 aliphatic rings. The number of ether oxygens (including phenoxy) is 1. The van der Waals surface area contributed by atoms with Crippen molar-refractivity contribution in [3.63, 3.8) is 0 Å². The first-order chi connectivity index (χ1) is 13.5. The van der Waals surface area contributed by atoms with Crippen molar-refractivity contribution >= 4 is 32.4 Å². The maximum absolute atomic E-state index is 12.9. The summed E-state index contributed by atoms with van der Waals surface area (Å²) < 4.78 is 34.1. The van der Waals surface area contributed by atoms with E-state index in [1.807, 2.05) is 18.2 Å². The van der Waals surface area contributed by atoms with Gasteiger partial charge < -0.3 is 4.74 Å². The predicted octanol–water partition coefficient (Wildman–Crippen LogP) is 2.84. The normalized spacial score (nSPS) is 16.1. The van der Waals surface area contributed by atoms with E-state index in [2.05, 4.69) is 4.72 Å². The molecule has 0 bridgehead atoms. The molecule has 3 aromatic rings. The van der Waals surface area contributed by atoms with Crippen molar-refractivity contribution in [1.29, 1.82) is 0 Å². The standard InChI is InChI=1S/C20H18N2O5S/c23-20(21-24)18-10-8-14-12-15(9-11-17(14)27-18)22-28(25,26)19-7-3-5-13-4-1-2-6-16(13)19/h1-7,9,11-12,18,22,24H,8,10H2,(H,21,23). The molecule has 3 aromatic carbocycles. The molecule has 0 saturated heterocycles. The number of fused-ring (bicyclic) bond motifs is 2. The van der Waals surface area contributed by atoms with Crippen molar-refractivity contribution in [2.45, 2.75) is 23.8 Å². The van der Waals surface area contributed by atoms with Crippen molar-refractivity contribution in [3.05, 3.63) is 66.2 Å². The van der Waals surface area contributed by atoms with Gasteiger partial charge in [-0.25, -0.2) is 13.9 Å². The Labute approximate surface area is 162 Å². The Bertz CT molecular complexity index is 1150. The van der Waals surface area contributed by atoms with E-state index < -0.39 is 22.0 Å². The van der Waals surface area contributed by atoms with Gasteiger partial charge in [-0.15, -0.1) is 0 Å².